The van der Waals surface area contributed by atoms with Crippen molar-refractivity contribution in [3.8, 4) is 0 Å². The minimum Gasteiger partial charge on any atom is -0.371 e. The predicted molar refractivity (Wildman–Crippen MR) is 104 cm³/mol. The average Bonchev–Trinajstić information content (AvgIpc) is 2.74. The Morgan fingerprint density at radius 1 is 1.19 bits per heavy atom. The Hall–Kier alpha value is -2.93. The van der Waals surface area contributed by atoms with Gasteiger partial charge in [0.1, 0.15) is 0 Å². The van der Waals surface area contributed by atoms with Crippen LogP contribution in [0.1, 0.15) is 28.9 Å². The van der Waals surface area contributed by atoms with Gasteiger partial charge in [-0.3, -0.25) is 20.0 Å². The van der Waals surface area contributed by atoms with E-state index in [4.69, 9.17) is 5.84 Å². The summed E-state index contributed by atoms with van der Waals surface area (Å²) in [4.78, 5) is 32.5. The number of anilines is 1. The van der Waals surface area contributed by atoms with Gasteiger partial charge in [0.05, 0.1) is 17.8 Å². The number of para-hydroxylation sites is 1. The molecule has 0 unspecified atom stereocenters. The molecular weight excluding hydrogens is 342 g/mol. The van der Waals surface area contributed by atoms with Gasteiger partial charge in [-0.25, -0.2) is 5.84 Å². The van der Waals surface area contributed by atoms with Crippen molar-refractivity contribution in [3.63, 3.8) is 0 Å². The van der Waals surface area contributed by atoms with E-state index in [2.05, 4.69) is 27.4 Å². The maximum absolute atomic E-state index is 12.8. The number of aromatic nitrogens is 1. The molecule has 3 rings (SSSR count). The van der Waals surface area contributed by atoms with Crippen molar-refractivity contribution in [1.82, 2.24) is 15.3 Å². The molecule has 7 heteroatoms. The van der Waals surface area contributed by atoms with Crippen LogP contribution in [0.4, 0.5) is 5.69 Å². The summed E-state index contributed by atoms with van der Waals surface area (Å²) < 4.78 is 0. The number of rotatable bonds is 5. The van der Waals surface area contributed by atoms with E-state index in [9.17, 15) is 9.59 Å². The number of nitrogens with zero attached hydrogens (tertiary/aromatic N) is 3. The van der Waals surface area contributed by atoms with E-state index in [1.54, 1.807) is 24.1 Å². The number of carbonyl (C=O) groups is 2. The normalized spacial score (nSPS) is 14.7. The number of hydrogen-bond acceptors (Lipinski definition) is 5. The van der Waals surface area contributed by atoms with Gasteiger partial charge in [-0.15, -0.1) is 0 Å². The molecule has 3 N–H and O–H groups in total. The Kier molecular flexibility index (Phi) is 6.03. The minimum absolute atomic E-state index is 0.0391. The van der Waals surface area contributed by atoms with Crippen LogP contribution in [0.2, 0.25) is 0 Å². The molecule has 0 atom stereocenters. The van der Waals surface area contributed by atoms with E-state index >= 15 is 0 Å². The van der Waals surface area contributed by atoms with Crippen molar-refractivity contribution in [1.29, 1.82) is 0 Å². The number of nitrogen functional groups attached to an aromatic ring is 1. The zero-order chi connectivity index (χ0) is 19.2. The molecule has 2 aromatic rings. The molecule has 1 aromatic carbocycles. The molecule has 0 saturated carbocycles. The van der Waals surface area contributed by atoms with Gasteiger partial charge in [-0.2, -0.15) is 0 Å². The summed E-state index contributed by atoms with van der Waals surface area (Å²) in [6.07, 6.45) is 3.16. The van der Waals surface area contributed by atoms with Gasteiger partial charge in [0.15, 0.2) is 0 Å². The molecule has 0 bridgehead atoms. The Labute approximate surface area is 159 Å². The molecule has 142 valence electrons. The standard InChI is InChI=1S/C20H25N5O2/c1-24(14-17-8-7-16(13-22-17)19(26)23-21)20(27)15-9-11-25(12-10-15)18-5-3-2-4-6-18/h2-8,13,15H,9-12,14,21H2,1H3,(H,23,26). The molecule has 1 fully saturated rings. The van der Waals surface area contributed by atoms with Crippen molar-refractivity contribution in [2.75, 3.05) is 25.0 Å². The van der Waals surface area contributed by atoms with E-state index in [1.165, 1.54) is 11.9 Å². The van der Waals surface area contributed by atoms with Crippen LogP contribution in [0, 0.1) is 5.92 Å². The summed E-state index contributed by atoms with van der Waals surface area (Å²) in [6.45, 7) is 2.19. The highest BCUT2D eigenvalue weighted by Crippen LogP contribution is 2.24. The summed E-state index contributed by atoms with van der Waals surface area (Å²) in [5.41, 5.74) is 4.41. The fourth-order valence-corrected chi connectivity index (χ4v) is 3.39. The largest absolute Gasteiger partial charge is 0.371 e. The summed E-state index contributed by atoms with van der Waals surface area (Å²) >= 11 is 0. The van der Waals surface area contributed by atoms with Crippen LogP contribution in [0.5, 0.6) is 0 Å². The third-order valence-electron chi connectivity index (χ3n) is 4.96. The number of pyridine rings is 1. The lowest BCUT2D eigenvalue weighted by Gasteiger charge is -2.34. The highest BCUT2D eigenvalue weighted by molar-refractivity contribution is 5.93. The van der Waals surface area contributed by atoms with Gasteiger partial charge in [0.2, 0.25) is 5.91 Å². The second-order valence-electron chi connectivity index (χ2n) is 6.80. The highest BCUT2D eigenvalue weighted by atomic mass is 16.2. The van der Waals surface area contributed by atoms with Crippen molar-refractivity contribution >= 4 is 17.5 Å². The molecule has 1 aliphatic heterocycles. The van der Waals surface area contributed by atoms with Gasteiger partial charge in [-0.05, 0) is 37.1 Å². The fraction of sp³-hybridized carbons (Fsp3) is 0.350. The highest BCUT2D eigenvalue weighted by Gasteiger charge is 2.27. The molecule has 27 heavy (non-hydrogen) atoms. The van der Waals surface area contributed by atoms with Gasteiger partial charge in [0, 0.05) is 37.9 Å². The van der Waals surface area contributed by atoms with Gasteiger partial charge in [0.25, 0.3) is 5.91 Å². The maximum Gasteiger partial charge on any atom is 0.266 e. The van der Waals surface area contributed by atoms with Crippen molar-refractivity contribution in [3.05, 3.63) is 59.9 Å². The Morgan fingerprint density at radius 2 is 1.89 bits per heavy atom. The SMILES string of the molecule is CN(Cc1ccc(C(=O)NN)cn1)C(=O)C1CCN(c2ccccc2)CC1. The molecule has 1 aromatic heterocycles. The fourth-order valence-electron chi connectivity index (χ4n) is 3.39. The zero-order valence-corrected chi connectivity index (χ0v) is 15.5. The molecule has 2 amide bonds. The molecule has 0 radical (unpaired) electrons. The predicted octanol–water partition coefficient (Wildman–Crippen LogP) is 1.56. The lowest BCUT2D eigenvalue weighted by Crippen LogP contribution is -2.41. The first-order valence-corrected chi connectivity index (χ1v) is 9.09. The van der Waals surface area contributed by atoms with Crippen LogP contribution in [0.15, 0.2) is 48.7 Å². The van der Waals surface area contributed by atoms with E-state index in [0.717, 1.165) is 31.6 Å². The zero-order valence-electron chi connectivity index (χ0n) is 15.5. The topological polar surface area (TPSA) is 91.6 Å². The maximum atomic E-state index is 12.8. The van der Waals surface area contributed by atoms with E-state index in [0.29, 0.717) is 12.1 Å². The Bertz CT molecular complexity index is 771. The smallest absolute Gasteiger partial charge is 0.266 e. The summed E-state index contributed by atoms with van der Waals surface area (Å²) in [5.74, 6) is 4.91. The monoisotopic (exact) mass is 367 g/mol. The second kappa shape index (κ2) is 8.64. The number of piperidine rings is 1. The summed E-state index contributed by atoms with van der Waals surface area (Å²) in [6, 6.07) is 13.7. The average molecular weight is 367 g/mol. The quantitative estimate of drug-likeness (QED) is 0.475. The van der Waals surface area contributed by atoms with Crippen LogP contribution < -0.4 is 16.2 Å². The first kappa shape index (κ1) is 18.8. The Morgan fingerprint density at radius 3 is 2.48 bits per heavy atom. The number of amides is 2. The third-order valence-corrected chi connectivity index (χ3v) is 4.96. The first-order valence-electron chi connectivity index (χ1n) is 9.09. The lowest BCUT2D eigenvalue weighted by atomic mass is 9.95. The van der Waals surface area contributed by atoms with Gasteiger partial charge < -0.3 is 9.80 Å². The molecular formula is C20H25N5O2. The number of nitrogens with two attached hydrogens (primary N) is 1. The molecule has 0 spiro atoms. The van der Waals surface area contributed by atoms with E-state index in [1.807, 2.05) is 18.2 Å². The van der Waals surface area contributed by atoms with E-state index < -0.39 is 0 Å². The Balaban J connectivity index is 1.53. The third kappa shape index (κ3) is 4.62. The molecule has 0 aliphatic carbocycles. The summed E-state index contributed by atoms with van der Waals surface area (Å²) in [7, 11) is 1.80. The minimum atomic E-state index is -0.386. The molecule has 2 heterocycles. The van der Waals surface area contributed by atoms with Gasteiger partial charge >= 0.3 is 0 Å². The number of benzene rings is 1. The van der Waals surface area contributed by atoms with Crippen LogP contribution >= 0.6 is 0 Å². The van der Waals surface area contributed by atoms with E-state index in [-0.39, 0.29) is 17.7 Å². The van der Waals surface area contributed by atoms with Crippen LogP contribution in [-0.2, 0) is 11.3 Å². The van der Waals surface area contributed by atoms with Gasteiger partial charge in [-0.1, -0.05) is 18.2 Å². The summed E-state index contributed by atoms with van der Waals surface area (Å²) in [5, 5.41) is 0. The van der Waals surface area contributed by atoms with Crippen molar-refractivity contribution in [2.45, 2.75) is 19.4 Å². The second-order valence-corrected chi connectivity index (χ2v) is 6.80. The number of carbonyl (C=O) groups excluding carboxylic acids is 2. The van der Waals surface area contributed by atoms with Crippen molar-refractivity contribution < 1.29 is 9.59 Å². The van der Waals surface area contributed by atoms with Crippen LogP contribution in [0.25, 0.3) is 0 Å². The van der Waals surface area contributed by atoms with Crippen LogP contribution in [-0.4, -0.2) is 41.8 Å². The molecule has 1 saturated heterocycles. The number of nitrogens with one attached hydrogen (secondary N) is 1. The molecule has 7 nitrogen and oxygen atoms in total. The number of hydrazine groups is 1. The van der Waals surface area contributed by atoms with Crippen LogP contribution in [0.3, 0.4) is 0 Å². The van der Waals surface area contributed by atoms with Crippen molar-refractivity contribution in [2.24, 2.45) is 11.8 Å². The lowest BCUT2D eigenvalue weighted by molar-refractivity contribution is -0.135. The first-order chi connectivity index (χ1) is 13.1. The number of hydrogen-bond donors (Lipinski definition) is 2. The molecule has 1 aliphatic rings.